The smallest absolute Gasteiger partial charge is 0.225 e. The van der Waals surface area contributed by atoms with E-state index in [2.05, 4.69) is 32.8 Å². The van der Waals surface area contributed by atoms with Crippen LogP contribution in [0.2, 0.25) is 5.28 Å². The Labute approximate surface area is 131 Å². The summed E-state index contributed by atoms with van der Waals surface area (Å²) in [6, 6.07) is 10.1. The van der Waals surface area contributed by atoms with Crippen LogP contribution < -0.4 is 5.32 Å². The first-order valence-electron chi connectivity index (χ1n) is 6.57. The molecule has 21 heavy (non-hydrogen) atoms. The summed E-state index contributed by atoms with van der Waals surface area (Å²) >= 11 is 7.51. The van der Waals surface area contributed by atoms with Gasteiger partial charge >= 0.3 is 0 Å². The summed E-state index contributed by atoms with van der Waals surface area (Å²) in [5, 5.41) is 15.8. The van der Waals surface area contributed by atoms with Crippen LogP contribution in [0.5, 0.6) is 0 Å². The third kappa shape index (κ3) is 3.00. The van der Waals surface area contributed by atoms with Crippen molar-refractivity contribution in [3.63, 3.8) is 0 Å². The zero-order chi connectivity index (χ0) is 14.8. The molecule has 4 nitrogen and oxygen atoms in total. The van der Waals surface area contributed by atoms with Gasteiger partial charge in [0, 0.05) is 17.5 Å². The number of hydrogen-bond acceptors (Lipinski definition) is 5. The Balaban J connectivity index is 2.14. The molecule has 0 fully saturated rings. The van der Waals surface area contributed by atoms with Gasteiger partial charge in [-0.1, -0.05) is 30.3 Å². The van der Waals surface area contributed by atoms with Crippen molar-refractivity contribution in [3.05, 3.63) is 41.0 Å². The summed E-state index contributed by atoms with van der Waals surface area (Å²) in [5.41, 5.74) is 2.18. The summed E-state index contributed by atoms with van der Waals surface area (Å²) < 4.78 is 0. The number of aliphatic hydroxyl groups excluding tert-OH is 1. The van der Waals surface area contributed by atoms with E-state index in [0.717, 1.165) is 21.3 Å². The van der Waals surface area contributed by atoms with Gasteiger partial charge < -0.3 is 10.4 Å². The normalized spacial score (nSPS) is 12.5. The number of rotatable bonds is 4. The van der Waals surface area contributed by atoms with Crippen molar-refractivity contribution in [2.45, 2.75) is 13.0 Å². The van der Waals surface area contributed by atoms with Gasteiger partial charge in [0.1, 0.15) is 10.6 Å². The molecule has 2 N–H and O–H groups in total. The lowest BCUT2D eigenvalue weighted by Gasteiger charge is -2.10. The van der Waals surface area contributed by atoms with Gasteiger partial charge in [-0.05, 0) is 24.1 Å². The maximum atomic E-state index is 9.46. The molecule has 0 aliphatic carbocycles. The minimum atomic E-state index is -0.465. The van der Waals surface area contributed by atoms with Crippen molar-refractivity contribution in [2.24, 2.45) is 0 Å². The zero-order valence-electron chi connectivity index (χ0n) is 11.4. The number of fused-ring (bicyclic) bond motifs is 1. The van der Waals surface area contributed by atoms with E-state index in [1.165, 1.54) is 11.3 Å². The minimum Gasteiger partial charge on any atom is -0.392 e. The van der Waals surface area contributed by atoms with E-state index < -0.39 is 6.10 Å². The second kappa shape index (κ2) is 5.97. The Bertz CT molecular complexity index is 758. The fourth-order valence-corrected chi connectivity index (χ4v) is 3.28. The maximum absolute atomic E-state index is 9.46. The fraction of sp³-hybridized carbons (Fsp3) is 0.200. The van der Waals surface area contributed by atoms with Crippen molar-refractivity contribution in [2.75, 3.05) is 11.9 Å². The molecule has 2 heterocycles. The molecule has 108 valence electrons. The van der Waals surface area contributed by atoms with E-state index in [4.69, 9.17) is 11.6 Å². The SMILES string of the molecule is CC(O)CNc1nc(Cl)nc2scc(-c3ccccc3)c12. The molecule has 6 heteroatoms. The number of anilines is 1. The van der Waals surface area contributed by atoms with Gasteiger partial charge in [0.2, 0.25) is 5.28 Å². The predicted molar refractivity (Wildman–Crippen MR) is 88.0 cm³/mol. The van der Waals surface area contributed by atoms with Crippen LogP contribution in [-0.2, 0) is 0 Å². The van der Waals surface area contributed by atoms with E-state index in [-0.39, 0.29) is 5.28 Å². The maximum Gasteiger partial charge on any atom is 0.225 e. The van der Waals surface area contributed by atoms with E-state index in [0.29, 0.717) is 12.4 Å². The molecule has 0 radical (unpaired) electrons. The lowest BCUT2D eigenvalue weighted by atomic mass is 10.1. The highest BCUT2D eigenvalue weighted by atomic mass is 35.5. The van der Waals surface area contributed by atoms with Crippen LogP contribution in [-0.4, -0.2) is 27.7 Å². The quantitative estimate of drug-likeness (QED) is 0.718. The summed E-state index contributed by atoms with van der Waals surface area (Å²) in [6.07, 6.45) is -0.465. The van der Waals surface area contributed by atoms with Crippen LogP contribution in [0, 0.1) is 0 Å². The Hall–Kier alpha value is -1.69. The number of halogens is 1. The van der Waals surface area contributed by atoms with Crippen LogP contribution in [0.1, 0.15) is 6.92 Å². The standard InChI is InChI=1S/C15H14ClN3OS/c1-9(20)7-17-13-12-11(10-5-3-2-4-6-10)8-21-14(12)19-15(16)18-13/h2-6,8-9,20H,7H2,1H3,(H,17,18,19). The Kier molecular flexibility index (Phi) is 4.05. The van der Waals surface area contributed by atoms with Crippen molar-refractivity contribution in [1.82, 2.24) is 9.97 Å². The minimum absolute atomic E-state index is 0.206. The van der Waals surface area contributed by atoms with Gasteiger partial charge in [0.15, 0.2) is 0 Å². The molecule has 1 atom stereocenters. The molecule has 0 aliphatic rings. The average molecular weight is 320 g/mol. The number of nitrogens with one attached hydrogen (secondary N) is 1. The number of thiophene rings is 1. The van der Waals surface area contributed by atoms with Gasteiger partial charge in [-0.15, -0.1) is 11.3 Å². The summed E-state index contributed by atoms with van der Waals surface area (Å²) in [5.74, 6) is 0.658. The van der Waals surface area contributed by atoms with Crippen molar-refractivity contribution < 1.29 is 5.11 Å². The Morgan fingerprint density at radius 3 is 2.76 bits per heavy atom. The fourth-order valence-electron chi connectivity index (χ4n) is 2.12. The van der Waals surface area contributed by atoms with Gasteiger partial charge in [-0.25, -0.2) is 9.97 Å². The second-order valence-electron chi connectivity index (χ2n) is 4.77. The molecule has 1 unspecified atom stereocenters. The number of benzene rings is 1. The van der Waals surface area contributed by atoms with E-state index >= 15 is 0 Å². The molecule has 2 aromatic heterocycles. The van der Waals surface area contributed by atoms with Gasteiger partial charge in [0.05, 0.1) is 11.5 Å². The highest BCUT2D eigenvalue weighted by molar-refractivity contribution is 7.17. The molecule has 3 aromatic rings. The molecule has 0 bridgehead atoms. The third-order valence-electron chi connectivity index (χ3n) is 3.06. The van der Waals surface area contributed by atoms with Crippen molar-refractivity contribution >= 4 is 39.0 Å². The Morgan fingerprint density at radius 1 is 1.29 bits per heavy atom. The number of nitrogens with zero attached hydrogens (tertiary/aromatic N) is 2. The van der Waals surface area contributed by atoms with Crippen molar-refractivity contribution in [3.8, 4) is 11.1 Å². The van der Waals surface area contributed by atoms with E-state index in [9.17, 15) is 5.11 Å². The van der Waals surface area contributed by atoms with Crippen LogP contribution in [0.15, 0.2) is 35.7 Å². The first-order chi connectivity index (χ1) is 10.1. The summed E-state index contributed by atoms with van der Waals surface area (Å²) in [4.78, 5) is 9.39. The monoisotopic (exact) mass is 319 g/mol. The first-order valence-corrected chi connectivity index (χ1v) is 7.83. The zero-order valence-corrected chi connectivity index (χ0v) is 12.9. The molecule has 0 amide bonds. The second-order valence-corrected chi connectivity index (χ2v) is 5.96. The van der Waals surface area contributed by atoms with Crippen LogP contribution in [0.4, 0.5) is 5.82 Å². The number of hydrogen-bond donors (Lipinski definition) is 2. The van der Waals surface area contributed by atoms with Crippen LogP contribution in [0.25, 0.3) is 21.3 Å². The number of aromatic nitrogens is 2. The summed E-state index contributed by atoms with van der Waals surface area (Å²) in [6.45, 7) is 2.13. The van der Waals surface area contributed by atoms with Crippen LogP contribution >= 0.6 is 22.9 Å². The predicted octanol–water partition coefficient (Wildman–Crippen LogP) is 3.80. The van der Waals surface area contributed by atoms with Crippen LogP contribution in [0.3, 0.4) is 0 Å². The molecule has 0 saturated heterocycles. The molecular formula is C15H14ClN3OS. The molecule has 1 aromatic carbocycles. The van der Waals surface area contributed by atoms with Crippen molar-refractivity contribution in [1.29, 1.82) is 0 Å². The average Bonchev–Trinajstić information content (AvgIpc) is 2.89. The molecular weight excluding hydrogens is 306 g/mol. The largest absolute Gasteiger partial charge is 0.392 e. The molecule has 0 saturated carbocycles. The van der Waals surface area contributed by atoms with Gasteiger partial charge in [-0.3, -0.25) is 0 Å². The molecule has 0 aliphatic heterocycles. The third-order valence-corrected chi connectivity index (χ3v) is 4.10. The first kappa shape index (κ1) is 14.3. The molecule has 3 rings (SSSR count). The highest BCUT2D eigenvalue weighted by Crippen LogP contribution is 2.37. The molecule has 0 spiro atoms. The van der Waals surface area contributed by atoms with Gasteiger partial charge in [0.25, 0.3) is 0 Å². The van der Waals surface area contributed by atoms with Gasteiger partial charge in [-0.2, -0.15) is 0 Å². The summed E-state index contributed by atoms with van der Waals surface area (Å²) in [7, 11) is 0. The lowest BCUT2D eigenvalue weighted by Crippen LogP contribution is -2.16. The number of aliphatic hydroxyl groups is 1. The van der Waals surface area contributed by atoms with E-state index in [1.54, 1.807) is 6.92 Å². The Morgan fingerprint density at radius 2 is 2.05 bits per heavy atom. The van der Waals surface area contributed by atoms with E-state index in [1.807, 2.05) is 18.2 Å². The lowest BCUT2D eigenvalue weighted by molar-refractivity contribution is 0.208. The topological polar surface area (TPSA) is 58.0 Å². The highest BCUT2D eigenvalue weighted by Gasteiger charge is 2.14.